The summed E-state index contributed by atoms with van der Waals surface area (Å²) in [5, 5.41) is 0. The summed E-state index contributed by atoms with van der Waals surface area (Å²) >= 11 is 0. The van der Waals surface area contributed by atoms with E-state index >= 15 is 0 Å². The van der Waals surface area contributed by atoms with Crippen molar-refractivity contribution in [1.82, 2.24) is 9.21 Å². The van der Waals surface area contributed by atoms with Gasteiger partial charge in [0.2, 0.25) is 15.9 Å². The van der Waals surface area contributed by atoms with Crippen LogP contribution in [0.1, 0.15) is 16.7 Å². The average Bonchev–Trinajstić information content (AvgIpc) is 2.90. The molecule has 0 atom stereocenters. The maximum absolute atomic E-state index is 13.8. The fourth-order valence-electron chi connectivity index (χ4n) is 4.40. The second kappa shape index (κ2) is 11.1. The highest BCUT2D eigenvalue weighted by Gasteiger charge is 2.31. The molecule has 0 radical (unpaired) electrons. The predicted molar refractivity (Wildman–Crippen MR) is 142 cm³/mol. The number of amides is 1. The molecule has 8 heteroatoms. The molecule has 0 saturated carbocycles. The average molecular weight is 508 g/mol. The van der Waals surface area contributed by atoms with E-state index in [2.05, 4.69) is 4.90 Å². The molecule has 1 amide bonds. The molecular weight excluding hydrogens is 474 g/mol. The lowest BCUT2D eigenvalue weighted by Crippen LogP contribution is -2.51. The molecular formula is C28H33N3O4S. The Morgan fingerprint density at radius 3 is 2.22 bits per heavy atom. The van der Waals surface area contributed by atoms with Crippen molar-refractivity contribution in [1.29, 1.82) is 0 Å². The summed E-state index contributed by atoms with van der Waals surface area (Å²) in [6, 6.07) is 22.6. The molecule has 1 heterocycles. The number of piperazine rings is 1. The standard InChI is InChI=1S/C28H33N3O4S/c1-22-9-10-23(2)27(19-22)36(33,34)31(20-24-7-5-4-6-8-24)21-28(32)30-17-15-29(16-18-30)25-11-13-26(35-3)14-12-25/h4-14,19H,15-18,20-21H2,1-3H3. The number of aryl methyl sites for hydroxylation is 2. The number of hydrogen-bond donors (Lipinski definition) is 0. The van der Waals surface area contributed by atoms with Crippen LogP contribution in [0.4, 0.5) is 5.69 Å². The largest absolute Gasteiger partial charge is 0.497 e. The first-order valence-electron chi connectivity index (χ1n) is 12.1. The van der Waals surface area contributed by atoms with E-state index in [1.54, 1.807) is 25.0 Å². The number of anilines is 1. The maximum atomic E-state index is 13.8. The van der Waals surface area contributed by atoms with E-state index in [-0.39, 0.29) is 23.9 Å². The molecule has 3 aromatic carbocycles. The van der Waals surface area contributed by atoms with Crippen molar-refractivity contribution in [3.8, 4) is 5.75 Å². The van der Waals surface area contributed by atoms with Crippen LogP contribution < -0.4 is 9.64 Å². The third kappa shape index (κ3) is 5.88. The highest BCUT2D eigenvalue weighted by molar-refractivity contribution is 7.89. The number of methoxy groups -OCH3 is 1. The van der Waals surface area contributed by atoms with Crippen LogP contribution in [0.3, 0.4) is 0 Å². The van der Waals surface area contributed by atoms with E-state index in [1.165, 1.54) is 4.31 Å². The molecule has 1 fully saturated rings. The van der Waals surface area contributed by atoms with Gasteiger partial charge in [0.1, 0.15) is 5.75 Å². The first-order valence-corrected chi connectivity index (χ1v) is 13.5. The predicted octanol–water partition coefficient (Wildman–Crippen LogP) is 3.85. The minimum absolute atomic E-state index is 0.133. The van der Waals surface area contributed by atoms with Crippen molar-refractivity contribution in [2.75, 3.05) is 44.7 Å². The zero-order valence-corrected chi connectivity index (χ0v) is 21.9. The molecule has 0 N–H and O–H groups in total. The van der Waals surface area contributed by atoms with Crippen molar-refractivity contribution in [2.24, 2.45) is 0 Å². The quantitative estimate of drug-likeness (QED) is 0.463. The number of nitrogens with zero attached hydrogens (tertiary/aromatic N) is 3. The van der Waals surface area contributed by atoms with Gasteiger partial charge < -0.3 is 14.5 Å². The van der Waals surface area contributed by atoms with E-state index < -0.39 is 10.0 Å². The molecule has 7 nitrogen and oxygen atoms in total. The molecule has 0 spiro atoms. The number of ether oxygens (including phenoxy) is 1. The lowest BCUT2D eigenvalue weighted by atomic mass is 10.2. The van der Waals surface area contributed by atoms with Gasteiger partial charge in [-0.2, -0.15) is 4.31 Å². The van der Waals surface area contributed by atoms with Crippen molar-refractivity contribution in [3.63, 3.8) is 0 Å². The molecule has 3 aromatic rings. The number of rotatable bonds is 8. The summed E-state index contributed by atoms with van der Waals surface area (Å²) in [5.74, 6) is 0.616. The van der Waals surface area contributed by atoms with Gasteiger partial charge in [0.05, 0.1) is 18.6 Å². The third-order valence-electron chi connectivity index (χ3n) is 6.54. The molecule has 0 aromatic heterocycles. The minimum atomic E-state index is -3.88. The number of carbonyl (C=O) groups is 1. The summed E-state index contributed by atoms with van der Waals surface area (Å²) < 4.78 is 34.0. The fourth-order valence-corrected chi connectivity index (χ4v) is 6.08. The number of benzene rings is 3. The Morgan fingerprint density at radius 2 is 1.58 bits per heavy atom. The third-order valence-corrected chi connectivity index (χ3v) is 8.48. The summed E-state index contributed by atoms with van der Waals surface area (Å²) in [4.78, 5) is 17.6. The maximum Gasteiger partial charge on any atom is 0.244 e. The Labute approximate surface area is 214 Å². The van der Waals surface area contributed by atoms with Gasteiger partial charge in [-0.15, -0.1) is 0 Å². The van der Waals surface area contributed by atoms with Crippen LogP contribution in [0, 0.1) is 13.8 Å². The van der Waals surface area contributed by atoms with E-state index in [0.29, 0.717) is 31.7 Å². The van der Waals surface area contributed by atoms with Crippen molar-refractivity contribution in [3.05, 3.63) is 89.5 Å². The first kappa shape index (κ1) is 25.7. The Bertz CT molecular complexity index is 1290. The SMILES string of the molecule is COc1ccc(N2CCN(C(=O)CN(Cc3ccccc3)S(=O)(=O)c3cc(C)ccc3C)CC2)cc1. The normalized spacial score (nSPS) is 14.2. The smallest absolute Gasteiger partial charge is 0.244 e. The lowest BCUT2D eigenvalue weighted by Gasteiger charge is -2.37. The summed E-state index contributed by atoms with van der Waals surface area (Å²) in [5.41, 5.74) is 3.44. The van der Waals surface area contributed by atoms with Gasteiger partial charge >= 0.3 is 0 Å². The van der Waals surface area contributed by atoms with E-state index in [9.17, 15) is 13.2 Å². The van der Waals surface area contributed by atoms with Gasteiger partial charge in [-0.1, -0.05) is 42.5 Å². The van der Waals surface area contributed by atoms with Crippen molar-refractivity contribution in [2.45, 2.75) is 25.3 Å². The van der Waals surface area contributed by atoms with E-state index in [4.69, 9.17) is 4.74 Å². The molecule has 0 aliphatic carbocycles. The van der Waals surface area contributed by atoms with Crippen LogP contribution >= 0.6 is 0 Å². The Hall–Kier alpha value is -3.36. The summed E-state index contributed by atoms with van der Waals surface area (Å²) in [6.07, 6.45) is 0. The molecule has 4 rings (SSSR count). The van der Waals surface area contributed by atoms with Gasteiger partial charge in [-0.25, -0.2) is 8.42 Å². The Balaban J connectivity index is 1.50. The van der Waals surface area contributed by atoms with Crippen LogP contribution in [0.25, 0.3) is 0 Å². The van der Waals surface area contributed by atoms with Crippen LogP contribution in [-0.2, 0) is 21.4 Å². The van der Waals surface area contributed by atoms with Gasteiger partial charge in [-0.05, 0) is 60.9 Å². The lowest BCUT2D eigenvalue weighted by molar-refractivity contribution is -0.131. The second-order valence-electron chi connectivity index (χ2n) is 9.09. The Morgan fingerprint density at radius 1 is 0.917 bits per heavy atom. The molecule has 1 aliphatic rings. The van der Waals surface area contributed by atoms with Crippen molar-refractivity contribution < 1.29 is 17.9 Å². The monoisotopic (exact) mass is 507 g/mol. The summed E-state index contributed by atoms with van der Waals surface area (Å²) in [7, 11) is -2.24. The van der Waals surface area contributed by atoms with E-state index in [1.807, 2.05) is 73.7 Å². The molecule has 0 bridgehead atoms. The molecule has 190 valence electrons. The molecule has 1 saturated heterocycles. The van der Waals surface area contributed by atoms with Crippen LogP contribution in [0.5, 0.6) is 5.75 Å². The number of hydrogen-bond acceptors (Lipinski definition) is 5. The second-order valence-corrected chi connectivity index (χ2v) is 11.0. The molecule has 1 aliphatic heterocycles. The van der Waals surface area contributed by atoms with Gasteiger partial charge in [-0.3, -0.25) is 4.79 Å². The fraction of sp³-hybridized carbons (Fsp3) is 0.321. The number of sulfonamides is 1. The van der Waals surface area contributed by atoms with Gasteiger partial charge in [0, 0.05) is 38.4 Å². The van der Waals surface area contributed by atoms with Crippen LogP contribution in [-0.4, -0.2) is 63.4 Å². The topological polar surface area (TPSA) is 70.2 Å². The van der Waals surface area contributed by atoms with Gasteiger partial charge in [0.25, 0.3) is 0 Å². The van der Waals surface area contributed by atoms with Gasteiger partial charge in [0.15, 0.2) is 0 Å². The highest BCUT2D eigenvalue weighted by Crippen LogP contribution is 2.24. The number of carbonyl (C=O) groups excluding carboxylic acids is 1. The van der Waals surface area contributed by atoms with Crippen LogP contribution in [0.2, 0.25) is 0 Å². The highest BCUT2D eigenvalue weighted by atomic mass is 32.2. The van der Waals surface area contributed by atoms with E-state index in [0.717, 1.165) is 22.6 Å². The van der Waals surface area contributed by atoms with Crippen molar-refractivity contribution >= 4 is 21.6 Å². The Kier molecular flexibility index (Phi) is 7.96. The zero-order valence-electron chi connectivity index (χ0n) is 21.1. The molecule has 36 heavy (non-hydrogen) atoms. The zero-order chi connectivity index (χ0) is 25.7. The molecule has 0 unspecified atom stereocenters. The minimum Gasteiger partial charge on any atom is -0.497 e. The first-order chi connectivity index (χ1) is 17.3. The summed E-state index contributed by atoms with van der Waals surface area (Å²) in [6.45, 7) is 6.02. The van der Waals surface area contributed by atoms with Crippen LogP contribution in [0.15, 0.2) is 77.7 Å².